The number of carbonyl (C=O) groups excluding carboxylic acids is 1. The molecule has 1 saturated heterocycles. The van der Waals surface area contributed by atoms with Crippen molar-refractivity contribution in [1.29, 1.82) is 0 Å². The Morgan fingerprint density at radius 1 is 1.47 bits per heavy atom. The first-order valence-corrected chi connectivity index (χ1v) is 7.05. The fraction of sp³-hybridized carbons (Fsp3) is 0.462. The summed E-state index contributed by atoms with van der Waals surface area (Å²) in [5.74, 6) is 0.615. The lowest BCUT2D eigenvalue weighted by atomic mass is 10.0. The zero-order valence-corrected chi connectivity index (χ0v) is 12.1. The summed E-state index contributed by atoms with van der Waals surface area (Å²) in [7, 11) is 0. The van der Waals surface area contributed by atoms with Gasteiger partial charge in [-0.3, -0.25) is 0 Å². The second kappa shape index (κ2) is 5.71. The van der Waals surface area contributed by atoms with Gasteiger partial charge in [-0.15, -0.1) is 0 Å². The van der Waals surface area contributed by atoms with E-state index in [-0.39, 0.29) is 6.03 Å². The lowest BCUT2D eigenvalue weighted by Crippen LogP contribution is -2.41. The predicted octanol–water partition coefficient (Wildman–Crippen LogP) is 3.56. The summed E-state index contributed by atoms with van der Waals surface area (Å²) >= 11 is 2.24. The molecule has 1 fully saturated rings. The first-order chi connectivity index (χ1) is 8.16. The van der Waals surface area contributed by atoms with Crippen LogP contribution >= 0.6 is 22.6 Å². The third kappa shape index (κ3) is 3.34. The van der Waals surface area contributed by atoms with Gasteiger partial charge in [-0.1, -0.05) is 19.1 Å². The van der Waals surface area contributed by atoms with Gasteiger partial charge in [-0.2, -0.15) is 0 Å². The number of benzene rings is 1. The zero-order chi connectivity index (χ0) is 12.3. The minimum absolute atomic E-state index is 0.0284. The quantitative estimate of drug-likeness (QED) is 0.777. The highest BCUT2D eigenvalue weighted by Gasteiger charge is 2.21. The number of amides is 2. The van der Waals surface area contributed by atoms with Crippen LogP contribution in [0.5, 0.6) is 0 Å². The molecular formula is C13H17IN2O. The van der Waals surface area contributed by atoms with E-state index in [1.807, 2.05) is 29.2 Å². The van der Waals surface area contributed by atoms with Crippen LogP contribution in [0.3, 0.4) is 0 Å². The molecule has 1 aromatic carbocycles. The molecule has 0 bridgehead atoms. The first kappa shape index (κ1) is 12.7. The second-order valence-corrected chi connectivity index (χ2v) is 5.77. The first-order valence-electron chi connectivity index (χ1n) is 5.97. The summed E-state index contributed by atoms with van der Waals surface area (Å²) in [6.07, 6.45) is 2.34. The van der Waals surface area contributed by atoms with Gasteiger partial charge in [0.15, 0.2) is 0 Å². The maximum absolute atomic E-state index is 12.1. The molecule has 1 atom stereocenters. The van der Waals surface area contributed by atoms with Crippen molar-refractivity contribution in [2.75, 3.05) is 18.4 Å². The molecule has 3 nitrogen and oxygen atoms in total. The van der Waals surface area contributed by atoms with E-state index in [0.29, 0.717) is 5.92 Å². The molecule has 1 aromatic rings. The number of hydrogen-bond donors (Lipinski definition) is 1. The number of rotatable bonds is 1. The second-order valence-electron chi connectivity index (χ2n) is 4.60. The Kier molecular flexibility index (Phi) is 4.25. The standard InChI is InChI=1S/C13H17IN2O/c1-10-5-4-8-16(9-10)13(17)15-12-7-3-2-6-11(12)14/h2-3,6-7,10H,4-5,8-9H2,1H3,(H,15,17). The minimum atomic E-state index is 0.0284. The molecule has 1 aliphatic heterocycles. The summed E-state index contributed by atoms with van der Waals surface area (Å²) in [5, 5.41) is 2.98. The van der Waals surface area contributed by atoms with Crippen molar-refractivity contribution in [2.24, 2.45) is 5.92 Å². The SMILES string of the molecule is CC1CCCN(C(=O)Nc2ccccc2I)C1. The van der Waals surface area contributed by atoms with E-state index in [1.165, 1.54) is 6.42 Å². The van der Waals surface area contributed by atoms with Crippen LogP contribution in [0.15, 0.2) is 24.3 Å². The molecular weight excluding hydrogens is 327 g/mol. The number of likely N-dealkylation sites (tertiary alicyclic amines) is 1. The predicted molar refractivity (Wildman–Crippen MR) is 78.1 cm³/mol. The number of urea groups is 1. The molecule has 0 aromatic heterocycles. The van der Waals surface area contributed by atoms with Gasteiger partial charge in [-0.25, -0.2) is 4.79 Å². The van der Waals surface area contributed by atoms with Crippen LogP contribution in [0.1, 0.15) is 19.8 Å². The van der Waals surface area contributed by atoms with Crippen LogP contribution < -0.4 is 5.32 Å². The van der Waals surface area contributed by atoms with E-state index < -0.39 is 0 Å². The largest absolute Gasteiger partial charge is 0.324 e. The smallest absolute Gasteiger partial charge is 0.321 e. The fourth-order valence-corrected chi connectivity index (χ4v) is 2.65. The lowest BCUT2D eigenvalue weighted by Gasteiger charge is -2.31. The van der Waals surface area contributed by atoms with E-state index in [0.717, 1.165) is 28.8 Å². The van der Waals surface area contributed by atoms with Crippen LogP contribution in [0.4, 0.5) is 10.5 Å². The van der Waals surface area contributed by atoms with Gasteiger partial charge in [0.25, 0.3) is 0 Å². The van der Waals surface area contributed by atoms with Crippen LogP contribution in [0, 0.1) is 9.49 Å². The van der Waals surface area contributed by atoms with Gasteiger partial charge in [-0.05, 0) is 53.5 Å². The van der Waals surface area contributed by atoms with Gasteiger partial charge < -0.3 is 10.2 Å². The average molecular weight is 344 g/mol. The highest BCUT2D eigenvalue weighted by molar-refractivity contribution is 14.1. The maximum atomic E-state index is 12.1. The van der Waals surface area contributed by atoms with Gasteiger partial charge in [0, 0.05) is 16.7 Å². The molecule has 4 heteroatoms. The normalized spacial score (nSPS) is 20.1. The van der Waals surface area contributed by atoms with E-state index in [4.69, 9.17) is 0 Å². The number of anilines is 1. The number of hydrogen-bond acceptors (Lipinski definition) is 1. The number of nitrogens with zero attached hydrogens (tertiary/aromatic N) is 1. The molecule has 1 aliphatic rings. The molecule has 0 aliphatic carbocycles. The minimum Gasteiger partial charge on any atom is -0.324 e. The Bertz CT molecular complexity index is 408. The van der Waals surface area contributed by atoms with Gasteiger partial charge in [0.1, 0.15) is 0 Å². The highest BCUT2D eigenvalue weighted by Crippen LogP contribution is 2.20. The van der Waals surface area contributed by atoms with Crippen LogP contribution in [-0.4, -0.2) is 24.0 Å². The highest BCUT2D eigenvalue weighted by atomic mass is 127. The Labute approximate surface area is 116 Å². The molecule has 17 heavy (non-hydrogen) atoms. The summed E-state index contributed by atoms with van der Waals surface area (Å²) < 4.78 is 1.07. The topological polar surface area (TPSA) is 32.3 Å². The zero-order valence-electron chi connectivity index (χ0n) is 9.95. The monoisotopic (exact) mass is 344 g/mol. The molecule has 1 heterocycles. The van der Waals surface area contributed by atoms with E-state index in [1.54, 1.807) is 0 Å². The molecule has 0 radical (unpaired) electrons. The molecule has 1 N–H and O–H groups in total. The maximum Gasteiger partial charge on any atom is 0.321 e. The Morgan fingerprint density at radius 2 is 2.24 bits per heavy atom. The van der Waals surface area contributed by atoms with E-state index in [9.17, 15) is 4.79 Å². The fourth-order valence-electron chi connectivity index (χ4n) is 2.13. The van der Waals surface area contributed by atoms with Crippen molar-refractivity contribution < 1.29 is 4.79 Å². The number of halogens is 1. The van der Waals surface area contributed by atoms with Gasteiger partial charge in [0.05, 0.1) is 5.69 Å². The average Bonchev–Trinajstić information content (AvgIpc) is 2.32. The van der Waals surface area contributed by atoms with Crippen molar-refractivity contribution in [3.63, 3.8) is 0 Å². The lowest BCUT2D eigenvalue weighted by molar-refractivity contribution is 0.182. The summed E-state index contributed by atoms with van der Waals surface area (Å²) in [5.41, 5.74) is 0.899. The van der Waals surface area contributed by atoms with Crippen molar-refractivity contribution >= 4 is 34.3 Å². The van der Waals surface area contributed by atoms with E-state index in [2.05, 4.69) is 34.8 Å². The summed E-state index contributed by atoms with van der Waals surface area (Å²) in [6.45, 7) is 3.94. The molecule has 1 unspecified atom stereocenters. The van der Waals surface area contributed by atoms with Gasteiger partial charge >= 0.3 is 6.03 Å². The molecule has 92 valence electrons. The summed E-state index contributed by atoms with van der Waals surface area (Å²) in [6, 6.07) is 7.87. The number of piperidine rings is 1. The van der Waals surface area contributed by atoms with Crippen LogP contribution in [-0.2, 0) is 0 Å². The van der Waals surface area contributed by atoms with Crippen molar-refractivity contribution in [3.8, 4) is 0 Å². The molecule has 2 rings (SSSR count). The molecule has 0 saturated carbocycles. The Hall–Kier alpha value is -0.780. The van der Waals surface area contributed by atoms with Gasteiger partial charge in [0.2, 0.25) is 0 Å². The van der Waals surface area contributed by atoms with Crippen molar-refractivity contribution in [2.45, 2.75) is 19.8 Å². The number of nitrogens with one attached hydrogen (secondary N) is 1. The third-order valence-electron chi connectivity index (χ3n) is 3.06. The molecule has 2 amide bonds. The molecule has 0 spiro atoms. The van der Waals surface area contributed by atoms with Crippen molar-refractivity contribution in [3.05, 3.63) is 27.8 Å². The van der Waals surface area contributed by atoms with Crippen LogP contribution in [0.25, 0.3) is 0 Å². The summed E-state index contributed by atoms with van der Waals surface area (Å²) in [4.78, 5) is 14.0. The number of para-hydroxylation sites is 1. The van der Waals surface area contributed by atoms with Crippen molar-refractivity contribution in [1.82, 2.24) is 4.90 Å². The van der Waals surface area contributed by atoms with Crippen LogP contribution in [0.2, 0.25) is 0 Å². The Balaban J connectivity index is 1.99. The third-order valence-corrected chi connectivity index (χ3v) is 4.00. The van der Waals surface area contributed by atoms with E-state index >= 15 is 0 Å². The number of carbonyl (C=O) groups is 1. The Morgan fingerprint density at radius 3 is 2.94 bits per heavy atom.